The Kier molecular flexibility index (Phi) is 6.74. The quantitative estimate of drug-likeness (QED) is 0.578. The van der Waals surface area contributed by atoms with Gasteiger partial charge in [-0.05, 0) is 13.5 Å². The van der Waals surface area contributed by atoms with Crippen molar-refractivity contribution in [3.63, 3.8) is 0 Å². The highest BCUT2D eigenvalue weighted by Gasteiger charge is 2.18. The molecule has 0 aliphatic carbocycles. The van der Waals surface area contributed by atoms with Gasteiger partial charge in [-0.15, -0.1) is 0 Å². The lowest BCUT2D eigenvalue weighted by Gasteiger charge is -2.14. The van der Waals surface area contributed by atoms with E-state index in [0.717, 1.165) is 0 Å². The normalized spacial score (nSPS) is 11.9. The first-order chi connectivity index (χ1) is 6.65. The van der Waals surface area contributed by atoms with Gasteiger partial charge in [0.25, 0.3) is 0 Å². The number of esters is 1. The molecule has 2 N–H and O–H groups in total. The largest absolute Gasteiger partial charge is 0.467 e. The highest BCUT2D eigenvalue weighted by Crippen LogP contribution is 1.94. The third-order valence-corrected chi connectivity index (χ3v) is 1.83. The molecule has 0 rings (SSSR count). The van der Waals surface area contributed by atoms with Crippen molar-refractivity contribution >= 4 is 11.9 Å². The van der Waals surface area contributed by atoms with Gasteiger partial charge in [-0.2, -0.15) is 0 Å². The molecular formula is C9H18N2O3. The van der Waals surface area contributed by atoms with E-state index >= 15 is 0 Å². The van der Waals surface area contributed by atoms with E-state index in [9.17, 15) is 9.59 Å². The molecule has 0 aliphatic heterocycles. The Hall–Kier alpha value is -1.10. The summed E-state index contributed by atoms with van der Waals surface area (Å²) in [6.07, 6.45) is 0.905. The fourth-order valence-corrected chi connectivity index (χ4v) is 0.975. The Bertz CT molecular complexity index is 194. The maximum Gasteiger partial charge on any atom is 0.328 e. The van der Waals surface area contributed by atoms with Gasteiger partial charge in [-0.3, -0.25) is 4.79 Å². The summed E-state index contributed by atoms with van der Waals surface area (Å²) in [4.78, 5) is 22.3. The number of hydrogen-bond acceptors (Lipinski definition) is 4. The highest BCUT2D eigenvalue weighted by molar-refractivity contribution is 5.84. The third-order valence-electron chi connectivity index (χ3n) is 1.83. The fourth-order valence-electron chi connectivity index (χ4n) is 0.975. The van der Waals surface area contributed by atoms with Gasteiger partial charge in [-0.25, -0.2) is 4.79 Å². The summed E-state index contributed by atoms with van der Waals surface area (Å²) in [5.41, 5.74) is 0. The van der Waals surface area contributed by atoms with Crippen LogP contribution in [0.4, 0.5) is 0 Å². The van der Waals surface area contributed by atoms with Crippen LogP contribution in [-0.4, -0.2) is 38.6 Å². The average molecular weight is 202 g/mol. The molecule has 0 spiro atoms. The molecule has 0 saturated carbocycles. The number of nitrogens with one attached hydrogen (secondary N) is 2. The highest BCUT2D eigenvalue weighted by atomic mass is 16.5. The fraction of sp³-hybridized carbons (Fsp3) is 0.778. The molecule has 14 heavy (non-hydrogen) atoms. The Morgan fingerprint density at radius 1 is 1.43 bits per heavy atom. The zero-order chi connectivity index (χ0) is 11.0. The van der Waals surface area contributed by atoms with Crippen LogP contribution in [0.2, 0.25) is 0 Å². The number of rotatable bonds is 6. The van der Waals surface area contributed by atoms with Crippen LogP contribution in [0.15, 0.2) is 0 Å². The van der Waals surface area contributed by atoms with Crippen molar-refractivity contribution < 1.29 is 14.3 Å². The summed E-state index contributed by atoms with van der Waals surface area (Å²) < 4.78 is 4.54. The monoisotopic (exact) mass is 202 g/mol. The van der Waals surface area contributed by atoms with Crippen LogP contribution in [0.5, 0.6) is 0 Å². The summed E-state index contributed by atoms with van der Waals surface area (Å²) in [6.45, 7) is 2.42. The van der Waals surface area contributed by atoms with Crippen molar-refractivity contribution in [2.75, 3.05) is 20.7 Å². The summed E-state index contributed by atoms with van der Waals surface area (Å²) in [6, 6.07) is -0.524. The van der Waals surface area contributed by atoms with Crippen LogP contribution in [0.1, 0.15) is 19.8 Å². The van der Waals surface area contributed by atoms with Crippen molar-refractivity contribution in [2.24, 2.45) is 0 Å². The van der Waals surface area contributed by atoms with E-state index in [1.54, 1.807) is 7.05 Å². The predicted octanol–water partition coefficient (Wildman–Crippen LogP) is -0.336. The Morgan fingerprint density at radius 3 is 2.50 bits per heavy atom. The molecule has 82 valence electrons. The van der Waals surface area contributed by atoms with E-state index in [-0.39, 0.29) is 5.91 Å². The first-order valence-corrected chi connectivity index (χ1v) is 4.67. The van der Waals surface area contributed by atoms with Gasteiger partial charge < -0.3 is 15.4 Å². The van der Waals surface area contributed by atoms with Gasteiger partial charge in [0.2, 0.25) is 5.91 Å². The van der Waals surface area contributed by atoms with E-state index in [4.69, 9.17) is 0 Å². The zero-order valence-electron chi connectivity index (χ0n) is 8.92. The first kappa shape index (κ1) is 12.9. The lowest BCUT2D eigenvalue weighted by molar-refractivity contribution is -0.145. The Morgan fingerprint density at radius 2 is 2.07 bits per heavy atom. The van der Waals surface area contributed by atoms with Crippen LogP contribution < -0.4 is 10.6 Å². The Balaban J connectivity index is 3.92. The number of carbonyl (C=O) groups is 2. The molecule has 5 heteroatoms. The summed E-state index contributed by atoms with van der Waals surface area (Å²) in [5, 5.41) is 5.45. The second kappa shape index (κ2) is 7.32. The standard InChI is InChI=1S/C9H18N2O3/c1-4-7(9(13)14-3)11-8(12)5-6-10-2/h7,10H,4-6H2,1-3H3,(H,11,12). The molecule has 0 aliphatic rings. The van der Waals surface area contributed by atoms with Crippen LogP contribution in [0, 0.1) is 0 Å². The summed E-state index contributed by atoms with van der Waals surface area (Å²) >= 11 is 0. The Labute approximate surface area is 84.2 Å². The van der Waals surface area contributed by atoms with Gasteiger partial charge in [-0.1, -0.05) is 6.92 Å². The van der Waals surface area contributed by atoms with Gasteiger partial charge in [0.1, 0.15) is 6.04 Å². The van der Waals surface area contributed by atoms with Crippen LogP contribution in [0.3, 0.4) is 0 Å². The maximum absolute atomic E-state index is 11.2. The van der Waals surface area contributed by atoms with Crippen molar-refractivity contribution in [1.82, 2.24) is 10.6 Å². The first-order valence-electron chi connectivity index (χ1n) is 4.67. The molecule has 1 unspecified atom stereocenters. The second-order valence-corrected chi connectivity index (χ2v) is 2.91. The van der Waals surface area contributed by atoms with Gasteiger partial charge >= 0.3 is 5.97 Å². The lowest BCUT2D eigenvalue weighted by Crippen LogP contribution is -2.41. The smallest absolute Gasteiger partial charge is 0.328 e. The van der Waals surface area contributed by atoms with Crippen molar-refractivity contribution in [3.05, 3.63) is 0 Å². The molecule has 0 fully saturated rings. The van der Waals surface area contributed by atoms with E-state index in [2.05, 4.69) is 15.4 Å². The average Bonchev–Trinajstić information content (AvgIpc) is 2.21. The van der Waals surface area contributed by atoms with Crippen LogP contribution >= 0.6 is 0 Å². The SMILES string of the molecule is CCC(NC(=O)CCNC)C(=O)OC. The van der Waals surface area contributed by atoms with E-state index in [1.807, 2.05) is 6.92 Å². The van der Waals surface area contributed by atoms with Crippen molar-refractivity contribution in [3.8, 4) is 0 Å². The molecule has 0 radical (unpaired) electrons. The summed E-state index contributed by atoms with van der Waals surface area (Å²) in [7, 11) is 3.08. The minimum absolute atomic E-state index is 0.142. The molecule has 0 bridgehead atoms. The molecule has 0 saturated heterocycles. The lowest BCUT2D eigenvalue weighted by atomic mass is 10.2. The van der Waals surface area contributed by atoms with Crippen molar-refractivity contribution in [1.29, 1.82) is 0 Å². The van der Waals surface area contributed by atoms with E-state index in [1.165, 1.54) is 7.11 Å². The number of amides is 1. The van der Waals surface area contributed by atoms with Gasteiger partial charge in [0.05, 0.1) is 7.11 Å². The summed E-state index contributed by atoms with van der Waals surface area (Å²) in [5.74, 6) is -0.540. The van der Waals surface area contributed by atoms with E-state index in [0.29, 0.717) is 19.4 Å². The predicted molar refractivity (Wildman–Crippen MR) is 52.8 cm³/mol. The number of methoxy groups -OCH3 is 1. The molecule has 1 atom stereocenters. The van der Waals surface area contributed by atoms with Crippen LogP contribution in [-0.2, 0) is 14.3 Å². The van der Waals surface area contributed by atoms with Gasteiger partial charge in [0, 0.05) is 13.0 Å². The van der Waals surface area contributed by atoms with Gasteiger partial charge in [0.15, 0.2) is 0 Å². The number of ether oxygens (including phenoxy) is 1. The van der Waals surface area contributed by atoms with Crippen LogP contribution in [0.25, 0.3) is 0 Å². The minimum atomic E-state index is -0.524. The minimum Gasteiger partial charge on any atom is -0.467 e. The molecule has 0 aromatic heterocycles. The van der Waals surface area contributed by atoms with E-state index < -0.39 is 12.0 Å². The second-order valence-electron chi connectivity index (χ2n) is 2.91. The maximum atomic E-state index is 11.2. The third kappa shape index (κ3) is 4.81. The number of carbonyl (C=O) groups excluding carboxylic acids is 2. The van der Waals surface area contributed by atoms with Crippen molar-refractivity contribution in [2.45, 2.75) is 25.8 Å². The molecular weight excluding hydrogens is 184 g/mol. The molecule has 0 heterocycles. The topological polar surface area (TPSA) is 67.4 Å². The number of hydrogen-bond donors (Lipinski definition) is 2. The molecule has 5 nitrogen and oxygen atoms in total. The molecule has 1 amide bonds. The molecule has 0 aromatic carbocycles. The zero-order valence-corrected chi connectivity index (χ0v) is 8.92. The molecule has 0 aromatic rings.